The lowest BCUT2D eigenvalue weighted by Gasteiger charge is -2.06. The zero-order valence-electron chi connectivity index (χ0n) is 11.7. The van der Waals surface area contributed by atoms with Gasteiger partial charge in [0.05, 0.1) is 5.56 Å². The highest BCUT2D eigenvalue weighted by Crippen LogP contribution is 2.10. The summed E-state index contributed by atoms with van der Waals surface area (Å²) in [5, 5.41) is 2.02. The van der Waals surface area contributed by atoms with Crippen LogP contribution in [0.15, 0.2) is 48.5 Å². The number of hydrogen-bond donors (Lipinski definition) is 1. The van der Waals surface area contributed by atoms with E-state index in [-0.39, 0.29) is 5.56 Å². The fourth-order valence-corrected chi connectivity index (χ4v) is 1.69. The second-order valence-corrected chi connectivity index (χ2v) is 4.44. The summed E-state index contributed by atoms with van der Waals surface area (Å²) in [6.07, 6.45) is 0. The highest BCUT2D eigenvalue weighted by molar-refractivity contribution is 6.05. The van der Waals surface area contributed by atoms with Gasteiger partial charge in [0.2, 0.25) is 0 Å². The van der Waals surface area contributed by atoms with Gasteiger partial charge in [-0.15, -0.1) is 0 Å². The molecule has 0 heterocycles. The molecule has 0 aliphatic rings. The first-order valence-electron chi connectivity index (χ1n) is 6.49. The molecule has 0 spiro atoms. The van der Waals surface area contributed by atoms with Gasteiger partial charge in [-0.1, -0.05) is 18.2 Å². The van der Waals surface area contributed by atoms with E-state index in [1.807, 2.05) is 5.32 Å². The second-order valence-electron chi connectivity index (χ2n) is 4.44. The van der Waals surface area contributed by atoms with E-state index >= 15 is 0 Å². The average Bonchev–Trinajstić information content (AvgIpc) is 2.53. The lowest BCUT2D eigenvalue weighted by molar-refractivity contribution is -0.123. The Morgan fingerprint density at radius 2 is 1.70 bits per heavy atom. The molecule has 0 aliphatic carbocycles. The summed E-state index contributed by atoms with van der Waals surface area (Å²) in [6.45, 7) is -0.770. The van der Waals surface area contributed by atoms with Crippen molar-refractivity contribution in [3.05, 3.63) is 71.3 Å². The minimum atomic E-state index is -1.13. The van der Waals surface area contributed by atoms with Gasteiger partial charge in [-0.05, 0) is 24.3 Å². The molecule has 0 aromatic heterocycles. The van der Waals surface area contributed by atoms with Crippen molar-refractivity contribution in [1.82, 2.24) is 5.32 Å². The van der Waals surface area contributed by atoms with E-state index in [1.165, 1.54) is 12.1 Å². The quantitative estimate of drug-likeness (QED) is 0.876. The largest absolute Gasteiger partial charge is 0.452 e. The van der Waals surface area contributed by atoms with Crippen LogP contribution in [0.4, 0.5) is 8.78 Å². The standard InChI is InChI=1S/C16H11F2NO4/c17-11-6-7-12(13(18)8-11)16(22)23-9-14(20)19-15(21)10-4-2-1-3-5-10/h1-8H,9H2,(H,19,20,21). The molecule has 7 heteroatoms. The molecule has 23 heavy (non-hydrogen) atoms. The number of carbonyl (C=O) groups is 3. The first-order chi connectivity index (χ1) is 11.0. The Morgan fingerprint density at radius 3 is 2.35 bits per heavy atom. The third kappa shape index (κ3) is 4.44. The minimum Gasteiger partial charge on any atom is -0.452 e. The van der Waals surface area contributed by atoms with Crippen LogP contribution in [0.3, 0.4) is 0 Å². The van der Waals surface area contributed by atoms with Gasteiger partial charge < -0.3 is 4.74 Å². The van der Waals surface area contributed by atoms with Gasteiger partial charge in [0.25, 0.3) is 11.8 Å². The SMILES string of the molecule is O=C(COC(=O)c1ccc(F)cc1F)NC(=O)c1ccccc1. The Kier molecular flexibility index (Phi) is 5.14. The molecular weight excluding hydrogens is 308 g/mol. The van der Waals surface area contributed by atoms with Gasteiger partial charge in [-0.2, -0.15) is 0 Å². The number of carbonyl (C=O) groups excluding carboxylic acids is 3. The Balaban J connectivity index is 1.89. The zero-order chi connectivity index (χ0) is 16.8. The van der Waals surface area contributed by atoms with E-state index < -0.39 is 41.6 Å². The maximum Gasteiger partial charge on any atom is 0.341 e. The van der Waals surface area contributed by atoms with Crippen molar-refractivity contribution in [2.24, 2.45) is 0 Å². The number of ether oxygens (including phenoxy) is 1. The van der Waals surface area contributed by atoms with Gasteiger partial charge in [-0.25, -0.2) is 13.6 Å². The molecule has 1 N–H and O–H groups in total. The number of esters is 1. The Labute approximate surface area is 129 Å². The van der Waals surface area contributed by atoms with Crippen molar-refractivity contribution in [1.29, 1.82) is 0 Å². The second kappa shape index (κ2) is 7.26. The molecule has 0 aliphatic heterocycles. The topological polar surface area (TPSA) is 72.5 Å². The number of nitrogens with one attached hydrogen (secondary N) is 1. The van der Waals surface area contributed by atoms with Gasteiger partial charge in [0.1, 0.15) is 11.6 Å². The van der Waals surface area contributed by atoms with Crippen LogP contribution < -0.4 is 5.32 Å². The maximum atomic E-state index is 13.4. The van der Waals surface area contributed by atoms with Crippen LogP contribution in [-0.4, -0.2) is 24.4 Å². The molecule has 2 rings (SSSR count). The molecule has 0 atom stereocenters. The highest BCUT2D eigenvalue weighted by atomic mass is 19.1. The van der Waals surface area contributed by atoms with Gasteiger partial charge >= 0.3 is 5.97 Å². The van der Waals surface area contributed by atoms with Gasteiger partial charge in [0, 0.05) is 11.6 Å². The van der Waals surface area contributed by atoms with Crippen molar-refractivity contribution < 1.29 is 27.9 Å². The van der Waals surface area contributed by atoms with Crippen LogP contribution in [-0.2, 0) is 9.53 Å². The fraction of sp³-hybridized carbons (Fsp3) is 0.0625. The highest BCUT2D eigenvalue weighted by Gasteiger charge is 2.16. The molecule has 2 aromatic carbocycles. The first-order valence-corrected chi connectivity index (χ1v) is 6.49. The number of halogens is 2. The Hall–Kier alpha value is -3.09. The lowest BCUT2D eigenvalue weighted by atomic mass is 10.2. The molecule has 0 bridgehead atoms. The molecule has 118 valence electrons. The van der Waals surface area contributed by atoms with Crippen LogP contribution in [0.5, 0.6) is 0 Å². The minimum absolute atomic E-state index is 0.261. The molecule has 0 saturated carbocycles. The Morgan fingerprint density at radius 1 is 1.00 bits per heavy atom. The summed E-state index contributed by atoms with van der Waals surface area (Å²) >= 11 is 0. The van der Waals surface area contributed by atoms with Crippen molar-refractivity contribution in [2.45, 2.75) is 0 Å². The monoisotopic (exact) mass is 319 g/mol. The molecular formula is C16H11F2NO4. The summed E-state index contributed by atoms with van der Waals surface area (Å²) in [7, 11) is 0. The van der Waals surface area contributed by atoms with Crippen LogP contribution in [0, 0.1) is 11.6 Å². The summed E-state index contributed by atoms with van der Waals surface area (Å²) in [5.74, 6) is -4.60. The predicted molar refractivity (Wildman–Crippen MR) is 75.6 cm³/mol. The fourth-order valence-electron chi connectivity index (χ4n) is 1.69. The summed E-state index contributed by atoms with van der Waals surface area (Å²) in [5.41, 5.74) is -0.245. The van der Waals surface area contributed by atoms with Crippen LogP contribution >= 0.6 is 0 Å². The first kappa shape index (κ1) is 16.3. The molecule has 2 aromatic rings. The van der Waals surface area contributed by atoms with E-state index in [0.29, 0.717) is 6.07 Å². The summed E-state index contributed by atoms with van der Waals surface area (Å²) < 4.78 is 30.7. The molecule has 5 nitrogen and oxygen atoms in total. The average molecular weight is 319 g/mol. The number of imide groups is 1. The summed E-state index contributed by atoms with van der Waals surface area (Å²) in [6, 6.07) is 10.3. The van der Waals surface area contributed by atoms with Crippen molar-refractivity contribution >= 4 is 17.8 Å². The van der Waals surface area contributed by atoms with E-state index in [9.17, 15) is 23.2 Å². The lowest BCUT2D eigenvalue weighted by Crippen LogP contribution is -2.34. The van der Waals surface area contributed by atoms with Gasteiger partial charge in [0.15, 0.2) is 6.61 Å². The predicted octanol–water partition coefficient (Wildman–Crippen LogP) is 2.08. The van der Waals surface area contributed by atoms with Crippen LogP contribution in [0.25, 0.3) is 0 Å². The van der Waals surface area contributed by atoms with E-state index in [0.717, 1.165) is 12.1 Å². The third-order valence-corrected chi connectivity index (χ3v) is 2.77. The maximum absolute atomic E-state index is 13.4. The smallest absolute Gasteiger partial charge is 0.341 e. The molecule has 0 unspecified atom stereocenters. The normalized spacial score (nSPS) is 10.0. The van der Waals surface area contributed by atoms with Crippen LogP contribution in [0.1, 0.15) is 20.7 Å². The van der Waals surface area contributed by atoms with E-state index in [2.05, 4.69) is 4.74 Å². The molecule has 2 amide bonds. The summed E-state index contributed by atoms with van der Waals surface area (Å²) in [4.78, 5) is 34.8. The van der Waals surface area contributed by atoms with Crippen LogP contribution in [0.2, 0.25) is 0 Å². The molecule has 0 radical (unpaired) electrons. The zero-order valence-corrected chi connectivity index (χ0v) is 11.7. The third-order valence-electron chi connectivity index (χ3n) is 2.77. The number of rotatable bonds is 4. The number of benzene rings is 2. The number of amides is 2. The van der Waals surface area contributed by atoms with Gasteiger partial charge in [-0.3, -0.25) is 14.9 Å². The van der Waals surface area contributed by atoms with E-state index in [4.69, 9.17) is 0 Å². The van der Waals surface area contributed by atoms with Crippen molar-refractivity contribution in [2.75, 3.05) is 6.61 Å². The Bertz CT molecular complexity index is 747. The van der Waals surface area contributed by atoms with E-state index in [1.54, 1.807) is 18.2 Å². The molecule has 0 saturated heterocycles. The number of hydrogen-bond acceptors (Lipinski definition) is 4. The van der Waals surface area contributed by atoms with Crippen molar-refractivity contribution in [3.63, 3.8) is 0 Å². The molecule has 0 fully saturated rings. The van der Waals surface area contributed by atoms with Crippen molar-refractivity contribution in [3.8, 4) is 0 Å².